The van der Waals surface area contributed by atoms with E-state index in [1.54, 1.807) is 0 Å². The first-order valence-electron chi connectivity index (χ1n) is 7.25. The Morgan fingerprint density at radius 3 is 2.00 bits per heavy atom. The molecule has 0 aromatic heterocycles. The summed E-state index contributed by atoms with van der Waals surface area (Å²) in [6.45, 7) is 11.5. The number of nitrogens with zero attached hydrogens (tertiary/aromatic N) is 1. The molecule has 17 heavy (non-hydrogen) atoms. The largest absolute Gasteiger partial charge is 0.330 e. The quantitative estimate of drug-likeness (QED) is 0.818. The average molecular weight is 240 g/mol. The Hall–Kier alpha value is -0.0800. The lowest BCUT2D eigenvalue weighted by atomic mass is 9.81. The van der Waals surface area contributed by atoms with E-state index in [1.165, 1.54) is 32.2 Å². The Morgan fingerprint density at radius 2 is 1.59 bits per heavy atom. The fourth-order valence-electron chi connectivity index (χ4n) is 2.88. The minimum Gasteiger partial charge on any atom is -0.330 e. The lowest BCUT2D eigenvalue weighted by Crippen LogP contribution is -2.42. The van der Waals surface area contributed by atoms with E-state index in [-0.39, 0.29) is 0 Å². The average Bonchev–Trinajstić information content (AvgIpc) is 2.27. The summed E-state index contributed by atoms with van der Waals surface area (Å²) < 4.78 is 0. The fourth-order valence-corrected chi connectivity index (χ4v) is 2.88. The van der Waals surface area contributed by atoms with Crippen LogP contribution in [0.1, 0.15) is 53.4 Å². The summed E-state index contributed by atoms with van der Waals surface area (Å²) in [5.74, 6) is 1.70. The highest BCUT2D eigenvalue weighted by molar-refractivity contribution is 4.81. The molecule has 1 aliphatic rings. The summed E-state index contributed by atoms with van der Waals surface area (Å²) in [6, 6.07) is 0.648. The van der Waals surface area contributed by atoms with Gasteiger partial charge in [-0.2, -0.15) is 0 Å². The fraction of sp³-hybridized carbons (Fsp3) is 1.00. The van der Waals surface area contributed by atoms with Crippen LogP contribution in [0, 0.1) is 17.3 Å². The van der Waals surface area contributed by atoms with E-state index < -0.39 is 0 Å². The molecule has 2 heteroatoms. The molecule has 1 aliphatic carbocycles. The maximum absolute atomic E-state index is 5.74. The van der Waals surface area contributed by atoms with E-state index in [2.05, 4.69) is 39.6 Å². The van der Waals surface area contributed by atoms with Gasteiger partial charge in [0, 0.05) is 12.6 Å². The molecule has 1 atom stereocenters. The van der Waals surface area contributed by atoms with Crippen molar-refractivity contribution in [1.82, 2.24) is 4.90 Å². The normalized spacial score (nSPS) is 28.4. The zero-order valence-electron chi connectivity index (χ0n) is 12.5. The van der Waals surface area contributed by atoms with Crippen molar-refractivity contribution in [3.8, 4) is 0 Å². The minimum atomic E-state index is 0.378. The first kappa shape index (κ1) is 15.0. The molecule has 0 heterocycles. The van der Waals surface area contributed by atoms with Crippen LogP contribution in [0.25, 0.3) is 0 Å². The highest BCUT2D eigenvalue weighted by Crippen LogP contribution is 2.30. The number of rotatable bonds is 4. The van der Waals surface area contributed by atoms with E-state index in [4.69, 9.17) is 5.73 Å². The number of nitrogens with two attached hydrogens (primary N) is 1. The van der Waals surface area contributed by atoms with Crippen LogP contribution < -0.4 is 5.73 Å². The molecule has 102 valence electrons. The molecule has 1 saturated carbocycles. The third kappa shape index (κ3) is 4.59. The molecular formula is C15H32N2. The summed E-state index contributed by atoms with van der Waals surface area (Å²) in [5, 5.41) is 0. The van der Waals surface area contributed by atoms with Crippen molar-refractivity contribution >= 4 is 0 Å². The van der Waals surface area contributed by atoms with E-state index in [1.807, 2.05) is 0 Å². The maximum Gasteiger partial charge on any atom is 0.0112 e. The third-order valence-electron chi connectivity index (χ3n) is 4.76. The Kier molecular flexibility index (Phi) is 5.46. The van der Waals surface area contributed by atoms with Crippen molar-refractivity contribution in [2.24, 2.45) is 23.0 Å². The van der Waals surface area contributed by atoms with Gasteiger partial charge in [0.05, 0.1) is 0 Å². The summed E-state index contributed by atoms with van der Waals surface area (Å²) in [7, 11) is 2.28. The maximum atomic E-state index is 5.74. The second-order valence-electron chi connectivity index (χ2n) is 7.10. The van der Waals surface area contributed by atoms with Crippen LogP contribution in [-0.2, 0) is 0 Å². The summed E-state index contributed by atoms with van der Waals surface area (Å²) in [5.41, 5.74) is 6.12. The van der Waals surface area contributed by atoms with Gasteiger partial charge in [0.15, 0.2) is 0 Å². The Labute approximate surface area is 108 Å². The van der Waals surface area contributed by atoms with Gasteiger partial charge in [-0.3, -0.25) is 0 Å². The van der Waals surface area contributed by atoms with Gasteiger partial charge < -0.3 is 10.6 Å². The van der Waals surface area contributed by atoms with Crippen LogP contribution in [0.4, 0.5) is 0 Å². The van der Waals surface area contributed by atoms with Gasteiger partial charge in [-0.15, -0.1) is 0 Å². The van der Waals surface area contributed by atoms with E-state index in [0.29, 0.717) is 11.5 Å². The van der Waals surface area contributed by atoms with Gasteiger partial charge in [0.25, 0.3) is 0 Å². The lowest BCUT2D eigenvalue weighted by Gasteiger charge is -2.38. The molecule has 1 fully saturated rings. The van der Waals surface area contributed by atoms with Crippen molar-refractivity contribution in [3.05, 3.63) is 0 Å². The first-order valence-corrected chi connectivity index (χ1v) is 7.25. The molecule has 2 nitrogen and oxygen atoms in total. The minimum absolute atomic E-state index is 0.378. The molecule has 0 aromatic rings. The van der Waals surface area contributed by atoms with Crippen LogP contribution in [0.3, 0.4) is 0 Å². The summed E-state index contributed by atoms with van der Waals surface area (Å²) in [6.07, 6.45) is 5.45. The molecular weight excluding hydrogens is 208 g/mol. The highest BCUT2D eigenvalue weighted by Gasteiger charge is 2.27. The van der Waals surface area contributed by atoms with E-state index in [9.17, 15) is 0 Å². The molecule has 0 spiro atoms. The standard InChI is InChI=1S/C15H32N2/c1-12(15(2,3)4)17(5)11-14-8-6-13(10-16)7-9-14/h12-14H,6-11,16H2,1-5H3. The van der Waals surface area contributed by atoms with Gasteiger partial charge in [-0.1, -0.05) is 20.8 Å². The highest BCUT2D eigenvalue weighted by atomic mass is 15.1. The Balaban J connectivity index is 2.35. The SMILES string of the molecule is CC(N(C)CC1CCC(CN)CC1)C(C)(C)C. The lowest BCUT2D eigenvalue weighted by molar-refractivity contribution is 0.107. The first-order chi connectivity index (χ1) is 7.84. The molecule has 1 unspecified atom stereocenters. The molecule has 2 N–H and O–H groups in total. The van der Waals surface area contributed by atoms with Crippen LogP contribution in [0.5, 0.6) is 0 Å². The summed E-state index contributed by atoms with van der Waals surface area (Å²) >= 11 is 0. The van der Waals surface area contributed by atoms with Crippen LogP contribution in [0.15, 0.2) is 0 Å². The van der Waals surface area contributed by atoms with Crippen molar-refractivity contribution in [2.45, 2.75) is 59.4 Å². The second-order valence-corrected chi connectivity index (χ2v) is 7.10. The zero-order chi connectivity index (χ0) is 13.1. The third-order valence-corrected chi connectivity index (χ3v) is 4.76. The van der Waals surface area contributed by atoms with Gasteiger partial charge in [-0.25, -0.2) is 0 Å². The predicted octanol–water partition coefficient (Wildman–Crippen LogP) is 3.12. The van der Waals surface area contributed by atoms with Gasteiger partial charge in [0.1, 0.15) is 0 Å². The van der Waals surface area contributed by atoms with Crippen molar-refractivity contribution in [1.29, 1.82) is 0 Å². The van der Waals surface area contributed by atoms with Crippen LogP contribution in [-0.4, -0.2) is 31.1 Å². The predicted molar refractivity (Wildman–Crippen MR) is 76.0 cm³/mol. The van der Waals surface area contributed by atoms with E-state index in [0.717, 1.165) is 18.4 Å². The topological polar surface area (TPSA) is 29.3 Å². The van der Waals surface area contributed by atoms with Crippen LogP contribution >= 0.6 is 0 Å². The van der Waals surface area contributed by atoms with Crippen LogP contribution in [0.2, 0.25) is 0 Å². The second kappa shape index (κ2) is 6.19. The van der Waals surface area contributed by atoms with Crippen molar-refractivity contribution < 1.29 is 0 Å². The number of hydrogen-bond acceptors (Lipinski definition) is 2. The molecule has 0 aromatic carbocycles. The Morgan fingerprint density at radius 1 is 1.12 bits per heavy atom. The number of hydrogen-bond donors (Lipinski definition) is 1. The monoisotopic (exact) mass is 240 g/mol. The molecule has 0 radical (unpaired) electrons. The van der Waals surface area contributed by atoms with Crippen molar-refractivity contribution in [3.63, 3.8) is 0 Å². The molecule has 0 amide bonds. The van der Waals surface area contributed by atoms with Gasteiger partial charge >= 0.3 is 0 Å². The zero-order valence-corrected chi connectivity index (χ0v) is 12.5. The van der Waals surface area contributed by atoms with Gasteiger partial charge in [-0.05, 0) is 63.5 Å². The summed E-state index contributed by atoms with van der Waals surface area (Å²) in [4.78, 5) is 2.55. The molecule has 0 aliphatic heterocycles. The molecule has 1 rings (SSSR count). The van der Waals surface area contributed by atoms with Gasteiger partial charge in [0.2, 0.25) is 0 Å². The van der Waals surface area contributed by atoms with E-state index >= 15 is 0 Å². The Bertz CT molecular complexity index is 211. The molecule has 0 saturated heterocycles. The van der Waals surface area contributed by atoms with Crippen molar-refractivity contribution in [2.75, 3.05) is 20.1 Å². The smallest absolute Gasteiger partial charge is 0.0112 e. The molecule has 0 bridgehead atoms.